The Morgan fingerprint density at radius 3 is 2.94 bits per heavy atom. The lowest BCUT2D eigenvalue weighted by molar-refractivity contribution is -0.134. The molecule has 8 nitrogen and oxygen atoms in total. The number of piperidine rings is 1. The predicted molar refractivity (Wildman–Crippen MR) is 123 cm³/mol. The Hall–Kier alpha value is -3.20. The lowest BCUT2D eigenvalue weighted by Crippen LogP contribution is -2.39. The number of hydrogen-bond acceptors (Lipinski definition) is 7. The molecule has 1 saturated heterocycles. The summed E-state index contributed by atoms with van der Waals surface area (Å²) in [6.07, 6.45) is 2.42. The number of hydrogen-bond donors (Lipinski definition) is 1. The van der Waals surface area contributed by atoms with E-state index in [0.717, 1.165) is 31.3 Å². The van der Waals surface area contributed by atoms with Crippen LogP contribution in [0.5, 0.6) is 5.75 Å². The van der Waals surface area contributed by atoms with Gasteiger partial charge in [-0.25, -0.2) is 9.78 Å². The summed E-state index contributed by atoms with van der Waals surface area (Å²) >= 11 is 1.22. The van der Waals surface area contributed by atoms with Crippen LogP contribution in [0.15, 0.2) is 38.9 Å². The number of carbonyl (C=O) groups excluding carboxylic acids is 2. The number of nitrogens with zero attached hydrogens (tertiary/aromatic N) is 2. The SMILES string of the molecule is COc1ccc2cc(-c3csc(NC(=O)CCC(=O)N4CCCC(C)C4)n3)c(=O)oc2c1. The van der Waals surface area contributed by atoms with Gasteiger partial charge in [0, 0.05) is 42.8 Å². The van der Waals surface area contributed by atoms with Crippen molar-refractivity contribution in [3.63, 3.8) is 0 Å². The van der Waals surface area contributed by atoms with Crippen LogP contribution in [-0.2, 0) is 9.59 Å². The first-order chi connectivity index (χ1) is 15.4. The number of fused-ring (bicyclic) bond motifs is 1. The molecule has 1 fully saturated rings. The smallest absolute Gasteiger partial charge is 0.345 e. The van der Waals surface area contributed by atoms with Crippen LogP contribution in [0, 0.1) is 5.92 Å². The molecule has 3 aromatic rings. The van der Waals surface area contributed by atoms with Crippen molar-refractivity contribution in [2.75, 3.05) is 25.5 Å². The molecule has 3 heterocycles. The average molecular weight is 456 g/mol. The number of methoxy groups -OCH3 is 1. The van der Waals surface area contributed by atoms with E-state index in [-0.39, 0.29) is 24.7 Å². The van der Waals surface area contributed by atoms with Gasteiger partial charge in [-0.1, -0.05) is 6.92 Å². The molecule has 168 valence electrons. The number of nitrogens with one attached hydrogen (secondary N) is 1. The van der Waals surface area contributed by atoms with Gasteiger partial charge in [0.25, 0.3) is 0 Å². The minimum atomic E-state index is -0.518. The van der Waals surface area contributed by atoms with Gasteiger partial charge in [0.2, 0.25) is 11.8 Å². The number of benzene rings is 1. The Labute approximate surface area is 189 Å². The van der Waals surface area contributed by atoms with Gasteiger partial charge in [0.1, 0.15) is 11.3 Å². The first-order valence-electron chi connectivity index (χ1n) is 10.6. The molecule has 4 rings (SSSR count). The van der Waals surface area contributed by atoms with Gasteiger partial charge in [0.15, 0.2) is 5.13 Å². The van der Waals surface area contributed by atoms with E-state index in [2.05, 4.69) is 17.2 Å². The Bertz CT molecular complexity index is 1200. The molecular formula is C23H25N3O5S. The molecule has 2 aromatic heterocycles. The molecule has 0 radical (unpaired) electrons. The average Bonchev–Trinajstić information content (AvgIpc) is 3.24. The number of rotatable bonds is 6. The second-order valence-electron chi connectivity index (χ2n) is 8.02. The maximum Gasteiger partial charge on any atom is 0.345 e. The van der Waals surface area contributed by atoms with E-state index in [0.29, 0.717) is 33.6 Å². The fraction of sp³-hybridized carbons (Fsp3) is 0.391. The van der Waals surface area contributed by atoms with E-state index in [1.54, 1.807) is 36.8 Å². The van der Waals surface area contributed by atoms with Crippen molar-refractivity contribution in [2.45, 2.75) is 32.6 Å². The summed E-state index contributed by atoms with van der Waals surface area (Å²) in [5.74, 6) is 0.837. The third-order valence-corrected chi connectivity index (χ3v) is 6.30. The van der Waals surface area contributed by atoms with Crippen molar-refractivity contribution in [2.24, 2.45) is 5.92 Å². The molecule has 1 aliphatic rings. The number of carbonyl (C=O) groups is 2. The molecule has 2 amide bonds. The number of amides is 2. The predicted octanol–water partition coefficient (Wildman–Crippen LogP) is 3.90. The van der Waals surface area contributed by atoms with Gasteiger partial charge in [-0.15, -0.1) is 11.3 Å². The number of ether oxygens (including phenoxy) is 1. The molecular weight excluding hydrogens is 430 g/mol. The molecule has 0 spiro atoms. The summed E-state index contributed by atoms with van der Waals surface area (Å²) in [6, 6.07) is 6.94. The highest BCUT2D eigenvalue weighted by Gasteiger charge is 2.21. The van der Waals surface area contributed by atoms with Gasteiger partial charge in [0.05, 0.1) is 18.4 Å². The number of thiazole rings is 1. The molecule has 1 unspecified atom stereocenters. The van der Waals surface area contributed by atoms with Gasteiger partial charge in [-0.3, -0.25) is 9.59 Å². The van der Waals surface area contributed by atoms with Crippen LogP contribution in [0.4, 0.5) is 5.13 Å². The standard InChI is InChI=1S/C23H25N3O5S/c1-14-4-3-9-26(12-14)21(28)8-7-20(27)25-23-24-18(13-32-23)17-10-15-5-6-16(30-2)11-19(15)31-22(17)29/h5-6,10-11,13-14H,3-4,7-9,12H2,1-2H3,(H,24,25,27). The molecule has 0 aliphatic carbocycles. The van der Waals surface area contributed by atoms with E-state index in [4.69, 9.17) is 9.15 Å². The van der Waals surface area contributed by atoms with Crippen LogP contribution in [-0.4, -0.2) is 41.9 Å². The molecule has 0 bridgehead atoms. The van der Waals surface area contributed by atoms with Crippen LogP contribution in [0.2, 0.25) is 0 Å². The van der Waals surface area contributed by atoms with Crippen molar-refractivity contribution in [1.82, 2.24) is 9.88 Å². The Balaban J connectivity index is 1.39. The topological polar surface area (TPSA) is 102 Å². The number of anilines is 1. The zero-order valence-electron chi connectivity index (χ0n) is 18.1. The van der Waals surface area contributed by atoms with Gasteiger partial charge in [-0.05, 0) is 37.0 Å². The Kier molecular flexibility index (Phi) is 6.55. The summed E-state index contributed by atoms with van der Waals surface area (Å²) in [7, 11) is 1.54. The highest BCUT2D eigenvalue weighted by molar-refractivity contribution is 7.14. The van der Waals surface area contributed by atoms with Crippen LogP contribution < -0.4 is 15.7 Å². The maximum absolute atomic E-state index is 12.4. The first kappa shape index (κ1) is 22.0. The molecule has 1 N–H and O–H groups in total. The molecule has 1 aromatic carbocycles. The highest BCUT2D eigenvalue weighted by Crippen LogP contribution is 2.27. The number of likely N-dealkylation sites (tertiary alicyclic amines) is 1. The van der Waals surface area contributed by atoms with Crippen molar-refractivity contribution < 1.29 is 18.7 Å². The number of aromatic nitrogens is 1. The van der Waals surface area contributed by atoms with Crippen molar-refractivity contribution >= 4 is 39.3 Å². The summed E-state index contributed by atoms with van der Waals surface area (Å²) in [5, 5.41) is 5.53. The van der Waals surface area contributed by atoms with Gasteiger partial charge in [-0.2, -0.15) is 0 Å². The zero-order valence-corrected chi connectivity index (χ0v) is 18.9. The van der Waals surface area contributed by atoms with E-state index < -0.39 is 5.63 Å². The second-order valence-corrected chi connectivity index (χ2v) is 8.88. The van der Waals surface area contributed by atoms with Crippen LogP contribution >= 0.6 is 11.3 Å². The van der Waals surface area contributed by atoms with Crippen molar-refractivity contribution in [3.8, 4) is 17.0 Å². The fourth-order valence-electron chi connectivity index (χ4n) is 3.83. The van der Waals surface area contributed by atoms with Crippen molar-refractivity contribution in [3.05, 3.63) is 40.1 Å². The van der Waals surface area contributed by atoms with Gasteiger partial charge >= 0.3 is 5.63 Å². The quantitative estimate of drug-likeness (QED) is 0.566. The Morgan fingerprint density at radius 1 is 1.31 bits per heavy atom. The van der Waals surface area contributed by atoms with Crippen LogP contribution in [0.25, 0.3) is 22.2 Å². The van der Waals surface area contributed by atoms with E-state index >= 15 is 0 Å². The molecule has 9 heteroatoms. The summed E-state index contributed by atoms with van der Waals surface area (Å²) < 4.78 is 10.6. The highest BCUT2D eigenvalue weighted by atomic mass is 32.1. The third kappa shape index (κ3) is 4.99. The molecule has 0 saturated carbocycles. The van der Waals surface area contributed by atoms with Crippen LogP contribution in [0.1, 0.15) is 32.6 Å². The third-order valence-electron chi connectivity index (χ3n) is 5.55. The minimum absolute atomic E-state index is 0.0110. The minimum Gasteiger partial charge on any atom is -0.497 e. The lowest BCUT2D eigenvalue weighted by atomic mass is 10.00. The summed E-state index contributed by atoms with van der Waals surface area (Å²) in [5.41, 5.74) is 0.647. The summed E-state index contributed by atoms with van der Waals surface area (Å²) in [4.78, 5) is 43.3. The summed E-state index contributed by atoms with van der Waals surface area (Å²) in [6.45, 7) is 3.67. The van der Waals surface area contributed by atoms with Gasteiger partial charge < -0.3 is 19.4 Å². The zero-order chi connectivity index (χ0) is 22.7. The van der Waals surface area contributed by atoms with E-state index in [1.165, 1.54) is 11.3 Å². The lowest BCUT2D eigenvalue weighted by Gasteiger charge is -2.30. The van der Waals surface area contributed by atoms with Crippen molar-refractivity contribution in [1.29, 1.82) is 0 Å². The van der Waals surface area contributed by atoms with E-state index in [1.807, 2.05) is 4.90 Å². The molecule has 1 aliphatic heterocycles. The fourth-order valence-corrected chi connectivity index (χ4v) is 4.55. The maximum atomic E-state index is 12.4. The Morgan fingerprint density at radius 2 is 2.16 bits per heavy atom. The molecule has 1 atom stereocenters. The monoisotopic (exact) mass is 455 g/mol. The van der Waals surface area contributed by atoms with E-state index in [9.17, 15) is 14.4 Å². The first-order valence-corrected chi connectivity index (χ1v) is 11.5. The second kappa shape index (κ2) is 9.52. The largest absolute Gasteiger partial charge is 0.497 e. The normalized spacial score (nSPS) is 16.2. The van der Waals surface area contributed by atoms with Crippen LogP contribution in [0.3, 0.4) is 0 Å². The molecule has 32 heavy (non-hydrogen) atoms.